The maximum absolute atomic E-state index is 13.4. The number of carbonyl (C=O) groups is 2. The number of anilines is 4. The number of methoxy groups -OCH3 is 1. The number of hydrogen-bond donors (Lipinski definition) is 2. The Morgan fingerprint density at radius 1 is 1.24 bits per heavy atom. The molecule has 12 nitrogen and oxygen atoms in total. The van der Waals surface area contributed by atoms with E-state index in [0.717, 1.165) is 5.56 Å². The molecule has 1 saturated heterocycles. The number of aromatic nitrogens is 2. The summed E-state index contributed by atoms with van der Waals surface area (Å²) in [6.45, 7) is 1.85. The lowest BCUT2D eigenvalue weighted by Gasteiger charge is -2.31. The summed E-state index contributed by atoms with van der Waals surface area (Å²) in [4.78, 5) is 48.9. The number of hydrogen-bond acceptors (Lipinski definition) is 10. The predicted octanol–water partition coefficient (Wildman–Crippen LogP) is 3.45. The van der Waals surface area contributed by atoms with Gasteiger partial charge in [-0.2, -0.15) is 5.26 Å². The number of ether oxygens (including phenoxy) is 2. The van der Waals surface area contributed by atoms with E-state index in [1.807, 2.05) is 35.1 Å². The first kappa shape index (κ1) is 27.3. The third-order valence-corrected chi connectivity index (χ3v) is 6.87. The van der Waals surface area contributed by atoms with Crippen molar-refractivity contribution in [2.45, 2.75) is 19.4 Å². The van der Waals surface area contributed by atoms with Crippen molar-refractivity contribution in [3.63, 3.8) is 0 Å². The van der Waals surface area contributed by atoms with Gasteiger partial charge in [-0.15, -0.1) is 0 Å². The molecular formula is C29H27N7O5. The molecule has 41 heavy (non-hydrogen) atoms. The average molecular weight is 554 g/mol. The van der Waals surface area contributed by atoms with Gasteiger partial charge in [-0.25, -0.2) is 19.6 Å². The minimum atomic E-state index is -0.470. The third kappa shape index (κ3) is 5.86. The van der Waals surface area contributed by atoms with Crippen LogP contribution >= 0.6 is 0 Å². The number of carbonyl (C=O) groups excluding carboxylic acids is 3. The number of nitrogens with zero attached hydrogens (tertiary/aromatic N) is 5. The van der Waals surface area contributed by atoms with Crippen LogP contribution in [0, 0.1) is 11.3 Å². The van der Waals surface area contributed by atoms with Gasteiger partial charge < -0.3 is 19.7 Å². The Labute approximate surface area is 236 Å². The number of para-hydroxylation sites is 2. The standard InChI is InChI=1S/C29H27N7O5/c1-40-26-7-3-2-6-23(26)32-24-12-27(31-14-21(24)13-30)34-29(39)36-8-4-5-19-11-20(25(17-38)33-28(19)36)15-35-9-10-41-18-22(35)16-37/h2-3,6-7,11-12,14,17H,4-5,8-10,15,18H2,1H3,(H2,31,32,34,39). The van der Waals surface area contributed by atoms with E-state index >= 15 is 0 Å². The number of urea groups is 1. The molecule has 2 aromatic heterocycles. The SMILES string of the molecule is COc1ccccc1Nc1cc(NC(=O)N2CCCc3cc(CN4CCOCC4=C=O)c(C=O)nc32)ncc1C#N. The van der Waals surface area contributed by atoms with Crippen LogP contribution in [0.4, 0.5) is 27.8 Å². The second-order valence-corrected chi connectivity index (χ2v) is 9.39. The van der Waals surface area contributed by atoms with E-state index in [0.29, 0.717) is 79.6 Å². The van der Waals surface area contributed by atoms with Crippen LogP contribution in [0.5, 0.6) is 5.75 Å². The lowest BCUT2D eigenvalue weighted by Crippen LogP contribution is -2.40. The van der Waals surface area contributed by atoms with Crippen LogP contribution in [-0.4, -0.2) is 66.5 Å². The lowest BCUT2D eigenvalue weighted by molar-refractivity contribution is 0.0718. The first-order chi connectivity index (χ1) is 20.0. The third-order valence-electron chi connectivity index (χ3n) is 6.87. The van der Waals surface area contributed by atoms with Gasteiger partial charge in [0.15, 0.2) is 6.29 Å². The maximum Gasteiger partial charge on any atom is 0.328 e. The fourth-order valence-electron chi connectivity index (χ4n) is 4.81. The van der Waals surface area contributed by atoms with Crippen molar-refractivity contribution in [1.29, 1.82) is 5.26 Å². The Bertz CT molecular complexity index is 1580. The van der Waals surface area contributed by atoms with E-state index in [1.165, 1.54) is 11.1 Å². The van der Waals surface area contributed by atoms with Crippen molar-refractivity contribution in [1.82, 2.24) is 14.9 Å². The van der Waals surface area contributed by atoms with Gasteiger partial charge in [0.2, 0.25) is 0 Å². The second kappa shape index (κ2) is 12.3. The van der Waals surface area contributed by atoms with E-state index in [2.05, 4.69) is 26.7 Å². The minimum Gasteiger partial charge on any atom is -0.495 e. The number of fused-ring (bicyclic) bond motifs is 1. The molecule has 2 aliphatic heterocycles. The molecule has 0 unspecified atom stereocenters. The van der Waals surface area contributed by atoms with Crippen molar-refractivity contribution in [3.05, 3.63) is 70.7 Å². The molecule has 1 aromatic carbocycles. The Morgan fingerprint density at radius 2 is 2.10 bits per heavy atom. The van der Waals surface area contributed by atoms with Crippen molar-refractivity contribution in [2.75, 3.05) is 48.9 Å². The van der Waals surface area contributed by atoms with E-state index in [1.54, 1.807) is 19.2 Å². The summed E-state index contributed by atoms with van der Waals surface area (Å²) in [7, 11) is 1.55. The lowest BCUT2D eigenvalue weighted by atomic mass is 10.0. The molecule has 5 rings (SSSR count). The summed E-state index contributed by atoms with van der Waals surface area (Å²) >= 11 is 0. The highest BCUT2D eigenvalue weighted by molar-refractivity contribution is 6.02. The molecule has 2 N–H and O–H groups in total. The van der Waals surface area contributed by atoms with Gasteiger partial charge in [-0.3, -0.25) is 15.0 Å². The molecule has 2 amide bonds. The number of morpholine rings is 1. The summed E-state index contributed by atoms with van der Waals surface area (Å²) in [6.07, 6.45) is 3.41. The molecule has 4 heterocycles. The Morgan fingerprint density at radius 3 is 2.88 bits per heavy atom. The fraction of sp³-hybridized carbons (Fsp3) is 0.276. The first-order valence-corrected chi connectivity index (χ1v) is 13.0. The number of aryl methyl sites for hydroxylation is 1. The normalized spacial score (nSPS) is 14.4. The second-order valence-electron chi connectivity index (χ2n) is 9.39. The van der Waals surface area contributed by atoms with E-state index in [-0.39, 0.29) is 23.7 Å². The zero-order valence-corrected chi connectivity index (χ0v) is 22.3. The summed E-state index contributed by atoms with van der Waals surface area (Å²) in [5, 5.41) is 15.6. The predicted molar refractivity (Wildman–Crippen MR) is 150 cm³/mol. The molecule has 0 atom stereocenters. The Kier molecular flexibility index (Phi) is 8.20. The molecular weight excluding hydrogens is 526 g/mol. The molecule has 0 saturated carbocycles. The number of amides is 2. The maximum atomic E-state index is 13.4. The number of aldehydes is 1. The summed E-state index contributed by atoms with van der Waals surface area (Å²) in [5.41, 5.74) is 3.45. The number of rotatable bonds is 7. The number of pyridine rings is 2. The largest absolute Gasteiger partial charge is 0.495 e. The van der Waals surface area contributed by atoms with Crippen molar-refractivity contribution < 1.29 is 23.9 Å². The van der Waals surface area contributed by atoms with Crippen LogP contribution in [0.1, 0.15) is 33.6 Å². The summed E-state index contributed by atoms with van der Waals surface area (Å²) < 4.78 is 10.7. The van der Waals surface area contributed by atoms with Crippen molar-refractivity contribution in [2.24, 2.45) is 0 Å². The highest BCUT2D eigenvalue weighted by Crippen LogP contribution is 2.31. The quantitative estimate of drug-likeness (QED) is 0.329. The van der Waals surface area contributed by atoms with Gasteiger partial charge in [0.05, 0.1) is 37.3 Å². The molecule has 0 radical (unpaired) electrons. The van der Waals surface area contributed by atoms with Crippen LogP contribution in [-0.2, 0) is 22.5 Å². The van der Waals surface area contributed by atoms with Gasteiger partial charge in [0, 0.05) is 37.5 Å². The molecule has 3 aromatic rings. The summed E-state index contributed by atoms with van der Waals surface area (Å²) in [5.74, 6) is 3.13. The highest BCUT2D eigenvalue weighted by atomic mass is 16.5. The topological polar surface area (TPSA) is 150 Å². The van der Waals surface area contributed by atoms with Crippen LogP contribution in [0.3, 0.4) is 0 Å². The van der Waals surface area contributed by atoms with Crippen LogP contribution in [0.2, 0.25) is 0 Å². The molecule has 12 heteroatoms. The van der Waals surface area contributed by atoms with Crippen molar-refractivity contribution >= 4 is 41.3 Å². The zero-order chi connectivity index (χ0) is 28.8. The average Bonchev–Trinajstić information content (AvgIpc) is 3.01. The Balaban J connectivity index is 1.38. The van der Waals surface area contributed by atoms with Crippen LogP contribution in [0.15, 0.2) is 48.3 Å². The van der Waals surface area contributed by atoms with E-state index in [9.17, 15) is 19.6 Å². The fourth-order valence-corrected chi connectivity index (χ4v) is 4.81. The van der Waals surface area contributed by atoms with Crippen LogP contribution < -0.4 is 20.3 Å². The highest BCUT2D eigenvalue weighted by Gasteiger charge is 2.27. The molecule has 0 spiro atoms. The minimum absolute atomic E-state index is 0.172. The summed E-state index contributed by atoms with van der Waals surface area (Å²) in [6, 6.07) is 12.3. The monoisotopic (exact) mass is 553 g/mol. The van der Waals surface area contributed by atoms with Crippen molar-refractivity contribution in [3.8, 4) is 11.8 Å². The molecule has 0 aliphatic carbocycles. The molecule has 1 fully saturated rings. The first-order valence-electron chi connectivity index (χ1n) is 13.0. The van der Waals surface area contributed by atoms with Gasteiger partial charge in [-0.1, -0.05) is 12.1 Å². The van der Waals surface area contributed by atoms with Gasteiger partial charge in [-0.05, 0) is 36.6 Å². The van der Waals surface area contributed by atoms with E-state index < -0.39 is 6.03 Å². The van der Waals surface area contributed by atoms with Gasteiger partial charge in [0.1, 0.15) is 40.8 Å². The smallest absolute Gasteiger partial charge is 0.328 e. The van der Waals surface area contributed by atoms with Gasteiger partial charge in [0.25, 0.3) is 0 Å². The zero-order valence-electron chi connectivity index (χ0n) is 22.3. The Hall–Kier alpha value is -5.24. The number of benzene rings is 1. The van der Waals surface area contributed by atoms with Gasteiger partial charge >= 0.3 is 6.03 Å². The molecule has 2 aliphatic rings. The molecule has 208 valence electrons. The van der Waals surface area contributed by atoms with E-state index in [4.69, 9.17) is 9.47 Å². The molecule has 0 bridgehead atoms. The van der Waals surface area contributed by atoms with Crippen LogP contribution in [0.25, 0.3) is 0 Å². The number of nitriles is 1. The number of nitrogens with one attached hydrogen (secondary N) is 2.